The van der Waals surface area contributed by atoms with Crippen LogP contribution in [0.25, 0.3) is 0 Å². The lowest BCUT2D eigenvalue weighted by molar-refractivity contribution is -0.385. The number of hydrogen-bond donors (Lipinski definition) is 0. The predicted octanol–water partition coefficient (Wildman–Crippen LogP) is 3.01. The van der Waals surface area contributed by atoms with Gasteiger partial charge in [0.05, 0.1) is 26.0 Å². The molecule has 2 rings (SSSR count). The summed E-state index contributed by atoms with van der Waals surface area (Å²) in [6.07, 6.45) is 0.999. The van der Waals surface area contributed by atoms with E-state index in [2.05, 4.69) is 0 Å². The van der Waals surface area contributed by atoms with E-state index in [0.29, 0.717) is 0 Å². The quantitative estimate of drug-likeness (QED) is 0.456. The third-order valence-corrected chi connectivity index (χ3v) is 4.57. The molecule has 0 bridgehead atoms. The topological polar surface area (TPSA) is 104 Å². The van der Waals surface area contributed by atoms with Crippen LogP contribution in [0.4, 0.5) is 5.69 Å². The summed E-state index contributed by atoms with van der Waals surface area (Å²) >= 11 is 5.90. The van der Waals surface area contributed by atoms with Crippen molar-refractivity contribution in [3.63, 3.8) is 0 Å². The smallest absolute Gasteiger partial charge is 0.340 e. The number of nitro groups is 1. The van der Waals surface area contributed by atoms with Crippen LogP contribution in [0.2, 0.25) is 5.02 Å². The van der Waals surface area contributed by atoms with E-state index in [1.807, 2.05) is 0 Å². The lowest BCUT2D eigenvalue weighted by Crippen LogP contribution is -2.09. The molecule has 2 aromatic carbocycles. The first-order valence-electron chi connectivity index (χ1n) is 6.59. The zero-order chi connectivity index (χ0) is 17.9. The molecular weight excluding hydrogens is 358 g/mol. The van der Waals surface area contributed by atoms with E-state index < -0.39 is 20.7 Å². The average Bonchev–Trinajstić information content (AvgIpc) is 2.52. The van der Waals surface area contributed by atoms with Gasteiger partial charge in [0.1, 0.15) is 6.61 Å². The van der Waals surface area contributed by atoms with Crippen LogP contribution in [-0.2, 0) is 21.2 Å². The molecule has 0 heterocycles. The molecule has 7 nitrogen and oxygen atoms in total. The maximum atomic E-state index is 12.1. The van der Waals surface area contributed by atoms with Crippen molar-refractivity contribution in [3.8, 4) is 0 Å². The van der Waals surface area contributed by atoms with Gasteiger partial charge in [0.2, 0.25) is 0 Å². The van der Waals surface area contributed by atoms with Crippen molar-refractivity contribution in [2.45, 2.75) is 11.5 Å². The van der Waals surface area contributed by atoms with E-state index >= 15 is 0 Å². The molecule has 0 N–H and O–H groups in total. The van der Waals surface area contributed by atoms with E-state index in [1.54, 1.807) is 6.07 Å². The van der Waals surface area contributed by atoms with Crippen molar-refractivity contribution >= 4 is 33.1 Å². The van der Waals surface area contributed by atoms with Crippen LogP contribution >= 0.6 is 11.6 Å². The van der Waals surface area contributed by atoms with Gasteiger partial charge >= 0.3 is 5.97 Å². The third kappa shape index (κ3) is 4.09. The highest BCUT2D eigenvalue weighted by Crippen LogP contribution is 2.23. The minimum atomic E-state index is -3.52. The Morgan fingerprint density at radius 2 is 1.92 bits per heavy atom. The summed E-state index contributed by atoms with van der Waals surface area (Å²) in [6, 6.07) is 9.49. The van der Waals surface area contributed by atoms with Crippen LogP contribution in [0.1, 0.15) is 15.9 Å². The minimum Gasteiger partial charge on any atom is -0.457 e. The number of para-hydroxylation sites is 1. The van der Waals surface area contributed by atoms with Gasteiger partial charge < -0.3 is 4.74 Å². The van der Waals surface area contributed by atoms with Crippen LogP contribution in [0.15, 0.2) is 47.4 Å². The molecule has 126 valence electrons. The van der Waals surface area contributed by atoms with Gasteiger partial charge in [-0.05, 0) is 24.3 Å². The average molecular weight is 370 g/mol. The van der Waals surface area contributed by atoms with Crippen LogP contribution in [0.5, 0.6) is 0 Å². The van der Waals surface area contributed by atoms with Gasteiger partial charge in [-0.15, -0.1) is 0 Å². The highest BCUT2D eigenvalue weighted by atomic mass is 35.5. The Morgan fingerprint density at radius 3 is 2.54 bits per heavy atom. The zero-order valence-electron chi connectivity index (χ0n) is 12.4. The fraction of sp³-hybridized carbons (Fsp3) is 0.133. The molecule has 0 radical (unpaired) electrons. The second kappa shape index (κ2) is 6.98. The summed E-state index contributed by atoms with van der Waals surface area (Å²) in [5.41, 5.74) is -0.0919. The predicted molar refractivity (Wildman–Crippen MR) is 86.8 cm³/mol. The second-order valence-electron chi connectivity index (χ2n) is 4.88. The fourth-order valence-electron chi connectivity index (χ4n) is 1.92. The standard InChI is InChI=1S/C15H12ClNO6S/c1-24(21,22)11-6-7-13(16)12(8-11)15(18)23-9-10-4-2-3-5-14(10)17(19)20/h2-8H,9H2,1H3. The molecule has 24 heavy (non-hydrogen) atoms. The Kier molecular flexibility index (Phi) is 5.20. The van der Waals surface area contributed by atoms with Gasteiger partial charge in [-0.25, -0.2) is 13.2 Å². The van der Waals surface area contributed by atoms with Crippen molar-refractivity contribution in [3.05, 3.63) is 68.7 Å². The second-order valence-corrected chi connectivity index (χ2v) is 7.30. The molecule has 0 aliphatic heterocycles. The molecule has 0 saturated carbocycles. The number of nitro benzene ring substituents is 1. The Hall–Kier alpha value is -2.45. The normalized spacial score (nSPS) is 11.1. The van der Waals surface area contributed by atoms with Crippen LogP contribution in [0, 0.1) is 10.1 Å². The Balaban J connectivity index is 2.24. The van der Waals surface area contributed by atoms with Crippen molar-refractivity contribution in [2.24, 2.45) is 0 Å². The summed E-state index contributed by atoms with van der Waals surface area (Å²) in [6.45, 7) is -0.338. The summed E-state index contributed by atoms with van der Waals surface area (Å²) in [5, 5.41) is 10.9. The van der Waals surface area contributed by atoms with Gasteiger partial charge in [-0.2, -0.15) is 0 Å². The molecule has 0 saturated heterocycles. The zero-order valence-corrected chi connectivity index (χ0v) is 14.0. The molecule has 0 atom stereocenters. The fourth-order valence-corrected chi connectivity index (χ4v) is 2.77. The van der Waals surface area contributed by atoms with E-state index in [9.17, 15) is 23.3 Å². The Morgan fingerprint density at radius 1 is 1.25 bits per heavy atom. The SMILES string of the molecule is CS(=O)(=O)c1ccc(Cl)c(C(=O)OCc2ccccc2[N+](=O)[O-])c1. The number of rotatable bonds is 5. The summed E-state index contributed by atoms with van der Waals surface area (Å²) in [5.74, 6) is -0.872. The van der Waals surface area contributed by atoms with Gasteiger partial charge in [-0.1, -0.05) is 23.7 Å². The number of carbonyl (C=O) groups is 1. The largest absolute Gasteiger partial charge is 0.457 e. The maximum absolute atomic E-state index is 12.1. The molecule has 9 heteroatoms. The van der Waals surface area contributed by atoms with E-state index in [1.165, 1.54) is 30.3 Å². The Bertz CT molecular complexity index is 910. The van der Waals surface area contributed by atoms with Crippen molar-refractivity contribution in [1.29, 1.82) is 0 Å². The van der Waals surface area contributed by atoms with Crippen LogP contribution in [-0.4, -0.2) is 25.6 Å². The van der Waals surface area contributed by atoms with E-state index in [-0.39, 0.29) is 33.3 Å². The van der Waals surface area contributed by atoms with Crippen LogP contribution in [0.3, 0.4) is 0 Å². The highest BCUT2D eigenvalue weighted by Gasteiger charge is 2.19. The first kappa shape index (κ1) is 17.9. The van der Waals surface area contributed by atoms with Crippen molar-refractivity contribution in [2.75, 3.05) is 6.26 Å². The number of halogens is 1. The maximum Gasteiger partial charge on any atom is 0.340 e. The first-order valence-corrected chi connectivity index (χ1v) is 8.86. The molecule has 0 aliphatic carbocycles. The summed E-state index contributed by atoms with van der Waals surface area (Å²) in [4.78, 5) is 22.4. The number of benzene rings is 2. The molecule has 0 amide bonds. The van der Waals surface area contributed by atoms with Crippen molar-refractivity contribution in [1.82, 2.24) is 0 Å². The van der Waals surface area contributed by atoms with Gasteiger partial charge in [0.25, 0.3) is 5.69 Å². The third-order valence-electron chi connectivity index (χ3n) is 3.13. The number of nitrogens with zero attached hydrogens (tertiary/aromatic N) is 1. The first-order chi connectivity index (χ1) is 11.2. The number of carbonyl (C=O) groups excluding carboxylic acids is 1. The molecule has 2 aromatic rings. The lowest BCUT2D eigenvalue weighted by atomic mass is 10.2. The molecular formula is C15H12ClNO6S. The summed E-state index contributed by atoms with van der Waals surface area (Å²) < 4.78 is 28.1. The summed E-state index contributed by atoms with van der Waals surface area (Å²) in [7, 11) is -3.52. The van der Waals surface area contributed by atoms with E-state index in [0.717, 1.165) is 12.3 Å². The highest BCUT2D eigenvalue weighted by molar-refractivity contribution is 7.90. The van der Waals surface area contributed by atoms with E-state index in [4.69, 9.17) is 16.3 Å². The number of esters is 1. The monoisotopic (exact) mass is 369 g/mol. The molecule has 0 aromatic heterocycles. The number of ether oxygens (including phenoxy) is 1. The molecule has 0 spiro atoms. The minimum absolute atomic E-state index is 0.0231. The molecule has 0 aliphatic rings. The molecule has 0 fully saturated rings. The van der Waals surface area contributed by atoms with Crippen LogP contribution < -0.4 is 0 Å². The van der Waals surface area contributed by atoms with Crippen molar-refractivity contribution < 1.29 is 22.9 Å². The van der Waals surface area contributed by atoms with Gasteiger partial charge in [0, 0.05) is 12.3 Å². The van der Waals surface area contributed by atoms with Gasteiger partial charge in [0.15, 0.2) is 9.84 Å². The number of hydrogen-bond acceptors (Lipinski definition) is 6. The molecule has 0 unspecified atom stereocenters. The lowest BCUT2D eigenvalue weighted by Gasteiger charge is -2.08. The van der Waals surface area contributed by atoms with Gasteiger partial charge in [-0.3, -0.25) is 10.1 Å². The number of sulfone groups is 1. The Labute approximate surface area is 142 Å².